The Bertz CT molecular complexity index is 518. The summed E-state index contributed by atoms with van der Waals surface area (Å²) in [5.74, 6) is 0.862. The van der Waals surface area contributed by atoms with Gasteiger partial charge >= 0.3 is 0 Å². The van der Waals surface area contributed by atoms with Gasteiger partial charge in [0.15, 0.2) is 5.96 Å². The predicted octanol–water partition coefficient (Wildman–Crippen LogP) is 3.52. The highest BCUT2D eigenvalue weighted by molar-refractivity contribution is 5.79. The summed E-state index contributed by atoms with van der Waals surface area (Å²) in [4.78, 5) is 6.83. The SMILES string of the molecule is CN=C(NCc1ccccc1CN(C)C1CCCCC1)NC(C)C. The highest BCUT2D eigenvalue weighted by atomic mass is 15.2. The Morgan fingerprint density at radius 3 is 2.46 bits per heavy atom. The zero-order valence-corrected chi connectivity index (χ0v) is 15.8. The molecule has 1 aliphatic carbocycles. The fourth-order valence-electron chi connectivity index (χ4n) is 3.45. The van der Waals surface area contributed by atoms with Crippen LogP contribution in [0.3, 0.4) is 0 Å². The Morgan fingerprint density at radius 2 is 1.83 bits per heavy atom. The van der Waals surface area contributed by atoms with E-state index in [2.05, 4.69) is 65.7 Å². The molecule has 0 bridgehead atoms. The standard InChI is InChI=1S/C20H34N4/c1-16(2)23-20(21-3)22-14-17-10-8-9-11-18(17)15-24(4)19-12-6-5-7-13-19/h8-11,16,19H,5-7,12-15H2,1-4H3,(H2,21,22,23). The largest absolute Gasteiger partial charge is 0.354 e. The third-order valence-electron chi connectivity index (χ3n) is 4.83. The van der Waals surface area contributed by atoms with Crippen molar-refractivity contribution in [3.8, 4) is 0 Å². The van der Waals surface area contributed by atoms with E-state index in [4.69, 9.17) is 0 Å². The van der Waals surface area contributed by atoms with Gasteiger partial charge in [-0.05, 0) is 44.9 Å². The van der Waals surface area contributed by atoms with Crippen molar-refractivity contribution in [2.45, 2.75) is 71.1 Å². The molecule has 0 atom stereocenters. The van der Waals surface area contributed by atoms with Crippen molar-refractivity contribution in [3.63, 3.8) is 0 Å². The summed E-state index contributed by atoms with van der Waals surface area (Å²) in [7, 11) is 4.10. The maximum absolute atomic E-state index is 4.29. The maximum Gasteiger partial charge on any atom is 0.191 e. The molecule has 2 rings (SSSR count). The fraction of sp³-hybridized carbons (Fsp3) is 0.650. The molecule has 24 heavy (non-hydrogen) atoms. The smallest absolute Gasteiger partial charge is 0.191 e. The monoisotopic (exact) mass is 330 g/mol. The molecule has 0 radical (unpaired) electrons. The third kappa shape index (κ3) is 5.82. The van der Waals surface area contributed by atoms with Gasteiger partial charge in [0, 0.05) is 32.2 Å². The van der Waals surface area contributed by atoms with Gasteiger partial charge in [0.05, 0.1) is 0 Å². The molecule has 134 valence electrons. The molecule has 1 fully saturated rings. The molecule has 1 saturated carbocycles. The second-order valence-corrected chi connectivity index (χ2v) is 7.20. The van der Waals surface area contributed by atoms with Crippen molar-refractivity contribution in [3.05, 3.63) is 35.4 Å². The van der Waals surface area contributed by atoms with Crippen LogP contribution in [0.15, 0.2) is 29.3 Å². The Kier molecular flexibility index (Phi) is 7.57. The van der Waals surface area contributed by atoms with Crippen LogP contribution in [-0.4, -0.2) is 37.0 Å². The summed E-state index contributed by atoms with van der Waals surface area (Å²) in [5.41, 5.74) is 2.77. The number of benzene rings is 1. The first-order valence-electron chi connectivity index (χ1n) is 9.34. The summed E-state index contributed by atoms with van der Waals surface area (Å²) >= 11 is 0. The van der Waals surface area contributed by atoms with E-state index in [0.29, 0.717) is 6.04 Å². The van der Waals surface area contributed by atoms with Crippen LogP contribution in [0.2, 0.25) is 0 Å². The molecule has 0 aromatic heterocycles. The van der Waals surface area contributed by atoms with Crippen molar-refractivity contribution >= 4 is 5.96 Å². The van der Waals surface area contributed by atoms with E-state index in [9.17, 15) is 0 Å². The molecule has 4 nitrogen and oxygen atoms in total. The topological polar surface area (TPSA) is 39.7 Å². The first-order chi connectivity index (χ1) is 11.6. The first-order valence-corrected chi connectivity index (χ1v) is 9.34. The fourth-order valence-corrected chi connectivity index (χ4v) is 3.45. The molecular formula is C20H34N4. The molecule has 1 aliphatic rings. The molecule has 0 aliphatic heterocycles. The van der Waals surface area contributed by atoms with E-state index >= 15 is 0 Å². The van der Waals surface area contributed by atoms with Crippen molar-refractivity contribution in [1.29, 1.82) is 0 Å². The Hall–Kier alpha value is -1.55. The first kappa shape index (κ1) is 18.8. The minimum absolute atomic E-state index is 0.379. The average Bonchev–Trinajstić information content (AvgIpc) is 2.60. The molecule has 1 aromatic carbocycles. The van der Waals surface area contributed by atoms with Crippen LogP contribution in [0.1, 0.15) is 57.1 Å². The molecular weight excluding hydrogens is 296 g/mol. The van der Waals surface area contributed by atoms with Gasteiger partial charge in [-0.25, -0.2) is 0 Å². The van der Waals surface area contributed by atoms with E-state index in [-0.39, 0.29) is 0 Å². The van der Waals surface area contributed by atoms with E-state index < -0.39 is 0 Å². The lowest BCUT2D eigenvalue weighted by atomic mass is 9.94. The molecule has 1 aromatic rings. The lowest BCUT2D eigenvalue weighted by molar-refractivity contribution is 0.184. The van der Waals surface area contributed by atoms with Crippen LogP contribution in [-0.2, 0) is 13.1 Å². The van der Waals surface area contributed by atoms with E-state index in [1.807, 2.05) is 7.05 Å². The summed E-state index contributed by atoms with van der Waals surface area (Å²) in [5, 5.41) is 6.77. The molecule has 0 spiro atoms. The lowest BCUT2D eigenvalue weighted by Crippen LogP contribution is -2.40. The molecule has 0 amide bonds. The second-order valence-electron chi connectivity index (χ2n) is 7.20. The molecule has 2 N–H and O–H groups in total. The highest BCUT2D eigenvalue weighted by Crippen LogP contribution is 2.23. The van der Waals surface area contributed by atoms with Gasteiger partial charge in [-0.15, -0.1) is 0 Å². The van der Waals surface area contributed by atoms with Crippen molar-refractivity contribution < 1.29 is 0 Å². The zero-order valence-electron chi connectivity index (χ0n) is 15.8. The second kappa shape index (κ2) is 9.67. The number of hydrogen-bond donors (Lipinski definition) is 2. The van der Waals surface area contributed by atoms with Gasteiger partial charge in [-0.2, -0.15) is 0 Å². The molecule has 0 unspecified atom stereocenters. The minimum atomic E-state index is 0.379. The molecule has 0 saturated heterocycles. The van der Waals surface area contributed by atoms with Crippen molar-refractivity contribution in [2.24, 2.45) is 4.99 Å². The van der Waals surface area contributed by atoms with E-state index in [1.54, 1.807) is 0 Å². The average molecular weight is 331 g/mol. The van der Waals surface area contributed by atoms with Crippen LogP contribution < -0.4 is 10.6 Å². The van der Waals surface area contributed by atoms with Gasteiger partial charge in [-0.3, -0.25) is 9.89 Å². The van der Waals surface area contributed by atoms with Gasteiger partial charge in [0.25, 0.3) is 0 Å². The van der Waals surface area contributed by atoms with E-state index in [0.717, 1.165) is 25.1 Å². The quantitative estimate of drug-likeness (QED) is 0.619. The number of nitrogens with zero attached hydrogens (tertiary/aromatic N) is 2. The van der Waals surface area contributed by atoms with Crippen molar-refractivity contribution in [1.82, 2.24) is 15.5 Å². The zero-order chi connectivity index (χ0) is 17.4. The summed E-state index contributed by atoms with van der Waals surface area (Å²) in [6.07, 6.45) is 6.88. The Labute approximate surface area is 147 Å². The van der Waals surface area contributed by atoms with Crippen LogP contribution in [0, 0.1) is 0 Å². The number of rotatable bonds is 6. The highest BCUT2D eigenvalue weighted by Gasteiger charge is 2.18. The van der Waals surface area contributed by atoms with Crippen LogP contribution in [0.5, 0.6) is 0 Å². The van der Waals surface area contributed by atoms with Gasteiger partial charge in [0.1, 0.15) is 0 Å². The Balaban J connectivity index is 1.96. The number of hydrogen-bond acceptors (Lipinski definition) is 2. The third-order valence-corrected chi connectivity index (χ3v) is 4.83. The molecule has 0 heterocycles. The Morgan fingerprint density at radius 1 is 1.17 bits per heavy atom. The number of aliphatic imine (C=N–C) groups is 1. The molecule has 4 heteroatoms. The minimum Gasteiger partial charge on any atom is -0.354 e. The van der Waals surface area contributed by atoms with Gasteiger partial charge < -0.3 is 10.6 Å². The summed E-state index contributed by atoms with van der Waals surface area (Å²) in [6, 6.07) is 9.88. The van der Waals surface area contributed by atoms with E-state index in [1.165, 1.54) is 43.2 Å². The summed E-state index contributed by atoms with van der Waals surface area (Å²) in [6.45, 7) is 6.08. The number of guanidine groups is 1. The lowest BCUT2D eigenvalue weighted by Gasteiger charge is -2.31. The normalized spacial score (nSPS) is 16.7. The van der Waals surface area contributed by atoms with Crippen LogP contribution >= 0.6 is 0 Å². The van der Waals surface area contributed by atoms with Crippen LogP contribution in [0.4, 0.5) is 0 Å². The summed E-state index contributed by atoms with van der Waals surface area (Å²) < 4.78 is 0. The van der Waals surface area contributed by atoms with Gasteiger partial charge in [0.2, 0.25) is 0 Å². The van der Waals surface area contributed by atoms with Crippen LogP contribution in [0.25, 0.3) is 0 Å². The van der Waals surface area contributed by atoms with Gasteiger partial charge in [-0.1, -0.05) is 43.5 Å². The maximum atomic E-state index is 4.29. The van der Waals surface area contributed by atoms with Crippen molar-refractivity contribution in [2.75, 3.05) is 14.1 Å². The predicted molar refractivity (Wildman–Crippen MR) is 103 cm³/mol. The number of nitrogens with one attached hydrogen (secondary N) is 2.